The number of aliphatic hydroxyl groups excluding tert-OH is 1. The molecular weight excluding hydrogens is 380 g/mol. The Morgan fingerprint density at radius 2 is 1.52 bits per heavy atom. The molecule has 2 aromatic rings. The molecule has 8 heteroatoms. The molecule has 0 aliphatic carbocycles. The number of carbonyl (C=O) groups excluding carboxylic acids is 3. The molecule has 152 valence electrons. The SMILES string of the molecule is CC(=O)Oc1ccc(C2COc3c(ccc(OC(C)=O)c3OC(C)=O)C2O)cc1. The van der Waals surface area contributed by atoms with E-state index in [4.69, 9.17) is 18.9 Å². The summed E-state index contributed by atoms with van der Waals surface area (Å²) in [6.45, 7) is 3.85. The van der Waals surface area contributed by atoms with Crippen LogP contribution in [-0.2, 0) is 14.4 Å². The van der Waals surface area contributed by atoms with Crippen LogP contribution in [0.25, 0.3) is 0 Å². The van der Waals surface area contributed by atoms with Crippen LogP contribution < -0.4 is 18.9 Å². The first-order valence-electron chi connectivity index (χ1n) is 8.89. The van der Waals surface area contributed by atoms with Crippen LogP contribution in [0.3, 0.4) is 0 Å². The van der Waals surface area contributed by atoms with Crippen LogP contribution in [0.2, 0.25) is 0 Å². The lowest BCUT2D eigenvalue weighted by Gasteiger charge is -2.32. The number of esters is 3. The van der Waals surface area contributed by atoms with E-state index in [0.29, 0.717) is 11.3 Å². The highest BCUT2D eigenvalue weighted by atomic mass is 16.6. The molecule has 1 aliphatic rings. The molecular formula is C21H20O8. The Morgan fingerprint density at radius 1 is 0.897 bits per heavy atom. The van der Waals surface area contributed by atoms with Crippen LogP contribution in [0.1, 0.15) is 43.9 Å². The van der Waals surface area contributed by atoms with Crippen LogP contribution in [0.4, 0.5) is 0 Å². The second-order valence-corrected chi connectivity index (χ2v) is 6.52. The first-order chi connectivity index (χ1) is 13.8. The van der Waals surface area contributed by atoms with Crippen LogP contribution in [-0.4, -0.2) is 29.6 Å². The minimum atomic E-state index is -0.959. The Hall–Kier alpha value is -3.39. The molecule has 0 saturated carbocycles. The lowest BCUT2D eigenvalue weighted by atomic mass is 9.87. The van der Waals surface area contributed by atoms with Crippen molar-refractivity contribution in [2.45, 2.75) is 32.8 Å². The van der Waals surface area contributed by atoms with Crippen molar-refractivity contribution in [3.05, 3.63) is 47.5 Å². The molecule has 1 N–H and O–H groups in total. The average molecular weight is 400 g/mol. The van der Waals surface area contributed by atoms with Crippen LogP contribution in [0.5, 0.6) is 23.0 Å². The maximum absolute atomic E-state index is 11.5. The van der Waals surface area contributed by atoms with Gasteiger partial charge in [-0.25, -0.2) is 0 Å². The van der Waals surface area contributed by atoms with E-state index in [2.05, 4.69) is 0 Å². The van der Waals surface area contributed by atoms with E-state index in [0.717, 1.165) is 5.56 Å². The van der Waals surface area contributed by atoms with Crippen molar-refractivity contribution in [3.8, 4) is 23.0 Å². The Morgan fingerprint density at radius 3 is 2.10 bits per heavy atom. The van der Waals surface area contributed by atoms with Gasteiger partial charge in [0.15, 0.2) is 11.5 Å². The molecule has 0 saturated heterocycles. The van der Waals surface area contributed by atoms with E-state index in [1.807, 2.05) is 0 Å². The predicted molar refractivity (Wildman–Crippen MR) is 100 cm³/mol. The van der Waals surface area contributed by atoms with Gasteiger partial charge in [-0.15, -0.1) is 0 Å². The van der Waals surface area contributed by atoms with Gasteiger partial charge < -0.3 is 24.1 Å². The highest BCUT2D eigenvalue weighted by Gasteiger charge is 2.34. The van der Waals surface area contributed by atoms with E-state index >= 15 is 0 Å². The zero-order valence-electron chi connectivity index (χ0n) is 16.1. The molecule has 2 atom stereocenters. The van der Waals surface area contributed by atoms with Crippen molar-refractivity contribution in [3.63, 3.8) is 0 Å². The second kappa shape index (κ2) is 8.32. The molecule has 2 aromatic carbocycles. The smallest absolute Gasteiger partial charge is 0.308 e. The van der Waals surface area contributed by atoms with Crippen molar-refractivity contribution in [2.75, 3.05) is 6.61 Å². The van der Waals surface area contributed by atoms with Crippen molar-refractivity contribution in [2.24, 2.45) is 0 Å². The highest BCUT2D eigenvalue weighted by Crippen LogP contribution is 2.49. The van der Waals surface area contributed by atoms with Crippen molar-refractivity contribution in [1.29, 1.82) is 0 Å². The number of fused-ring (bicyclic) bond motifs is 1. The third-order valence-electron chi connectivity index (χ3n) is 4.28. The molecule has 0 spiro atoms. The molecule has 0 radical (unpaired) electrons. The molecule has 3 rings (SSSR count). The van der Waals surface area contributed by atoms with Gasteiger partial charge in [0.05, 0.1) is 12.7 Å². The van der Waals surface area contributed by atoms with Gasteiger partial charge in [-0.05, 0) is 29.8 Å². The summed E-state index contributed by atoms with van der Waals surface area (Å²) in [5, 5.41) is 10.9. The molecule has 0 fully saturated rings. The van der Waals surface area contributed by atoms with Gasteiger partial charge >= 0.3 is 17.9 Å². The first kappa shape index (κ1) is 20.3. The third-order valence-corrected chi connectivity index (χ3v) is 4.28. The molecule has 2 unspecified atom stereocenters. The van der Waals surface area contributed by atoms with Crippen molar-refractivity contribution >= 4 is 17.9 Å². The summed E-state index contributed by atoms with van der Waals surface area (Å²) in [4.78, 5) is 33.9. The second-order valence-electron chi connectivity index (χ2n) is 6.52. The molecule has 0 bridgehead atoms. The van der Waals surface area contributed by atoms with E-state index in [9.17, 15) is 19.5 Å². The summed E-state index contributed by atoms with van der Waals surface area (Å²) in [7, 11) is 0. The average Bonchev–Trinajstić information content (AvgIpc) is 2.63. The number of benzene rings is 2. The maximum atomic E-state index is 11.5. The largest absolute Gasteiger partial charge is 0.488 e. The Kier molecular flexibility index (Phi) is 5.84. The van der Waals surface area contributed by atoms with Gasteiger partial charge in [0, 0.05) is 32.3 Å². The number of rotatable bonds is 4. The fourth-order valence-corrected chi connectivity index (χ4v) is 3.13. The Labute approximate surface area is 167 Å². The van der Waals surface area contributed by atoms with Crippen molar-refractivity contribution in [1.82, 2.24) is 0 Å². The van der Waals surface area contributed by atoms with Gasteiger partial charge in [0.1, 0.15) is 5.75 Å². The van der Waals surface area contributed by atoms with E-state index in [1.54, 1.807) is 30.3 Å². The third kappa shape index (κ3) is 4.55. The predicted octanol–water partition coefficient (Wildman–Crippen LogP) is 2.67. The minimum Gasteiger partial charge on any atom is -0.488 e. The lowest BCUT2D eigenvalue weighted by molar-refractivity contribution is -0.134. The maximum Gasteiger partial charge on any atom is 0.308 e. The van der Waals surface area contributed by atoms with Gasteiger partial charge in [-0.3, -0.25) is 14.4 Å². The number of carbonyl (C=O) groups is 3. The summed E-state index contributed by atoms with van der Waals surface area (Å²) < 4.78 is 21.1. The quantitative estimate of drug-likeness (QED) is 0.616. The Bertz CT molecular complexity index is 948. The highest BCUT2D eigenvalue weighted by molar-refractivity contribution is 5.76. The first-order valence-corrected chi connectivity index (χ1v) is 8.89. The standard InChI is InChI=1S/C21H20O8/c1-11(22)27-15-6-4-14(5-7-15)17-10-26-20-16(19(17)25)8-9-18(28-12(2)23)21(20)29-13(3)24/h4-9,17,19,25H,10H2,1-3H3. The number of hydrogen-bond donors (Lipinski definition) is 1. The van der Waals surface area contributed by atoms with Crippen LogP contribution >= 0.6 is 0 Å². The lowest BCUT2D eigenvalue weighted by Crippen LogP contribution is -2.25. The summed E-state index contributed by atoms with van der Waals surface area (Å²) >= 11 is 0. The zero-order chi connectivity index (χ0) is 21.1. The zero-order valence-corrected chi connectivity index (χ0v) is 16.1. The molecule has 1 heterocycles. The van der Waals surface area contributed by atoms with Crippen LogP contribution in [0, 0.1) is 0 Å². The summed E-state index contributed by atoms with van der Waals surface area (Å²) in [5.74, 6) is -1.49. The normalized spacial score (nSPS) is 17.5. The molecule has 0 aromatic heterocycles. The van der Waals surface area contributed by atoms with Crippen LogP contribution in [0.15, 0.2) is 36.4 Å². The topological polar surface area (TPSA) is 108 Å². The Balaban J connectivity index is 1.93. The fourth-order valence-electron chi connectivity index (χ4n) is 3.13. The molecule has 29 heavy (non-hydrogen) atoms. The van der Waals surface area contributed by atoms with E-state index in [-0.39, 0.29) is 23.9 Å². The number of aliphatic hydroxyl groups is 1. The molecule has 1 aliphatic heterocycles. The summed E-state index contributed by atoms with van der Waals surface area (Å²) in [5.41, 5.74) is 1.18. The fraction of sp³-hybridized carbons (Fsp3) is 0.286. The number of ether oxygens (including phenoxy) is 4. The molecule has 8 nitrogen and oxygen atoms in total. The summed E-state index contributed by atoms with van der Waals surface area (Å²) in [6.07, 6.45) is -0.959. The van der Waals surface area contributed by atoms with E-state index < -0.39 is 29.9 Å². The molecule has 0 amide bonds. The summed E-state index contributed by atoms with van der Waals surface area (Å²) in [6, 6.07) is 9.74. The van der Waals surface area contributed by atoms with Gasteiger partial charge in [0.25, 0.3) is 0 Å². The minimum absolute atomic E-state index is 0.0304. The van der Waals surface area contributed by atoms with Gasteiger partial charge in [0.2, 0.25) is 5.75 Å². The number of hydrogen-bond acceptors (Lipinski definition) is 8. The van der Waals surface area contributed by atoms with Gasteiger partial charge in [-0.2, -0.15) is 0 Å². The van der Waals surface area contributed by atoms with Gasteiger partial charge in [-0.1, -0.05) is 12.1 Å². The van der Waals surface area contributed by atoms with Crippen molar-refractivity contribution < 1.29 is 38.4 Å². The van der Waals surface area contributed by atoms with E-state index in [1.165, 1.54) is 26.8 Å². The monoisotopic (exact) mass is 400 g/mol.